The first-order chi connectivity index (χ1) is 9.25. The number of rotatable bonds is 11. The van der Waals surface area contributed by atoms with Crippen LogP contribution in [0, 0.1) is 5.41 Å². The summed E-state index contributed by atoms with van der Waals surface area (Å²) in [6.45, 7) is 4.69. The van der Waals surface area contributed by atoms with E-state index in [1.807, 2.05) is 6.92 Å². The van der Waals surface area contributed by atoms with E-state index in [9.17, 15) is 4.79 Å². The lowest BCUT2D eigenvalue weighted by Crippen LogP contribution is -2.39. The summed E-state index contributed by atoms with van der Waals surface area (Å²) in [5, 5.41) is 0. The Bertz CT molecular complexity index is 244. The summed E-state index contributed by atoms with van der Waals surface area (Å²) in [5.74, 6) is 0.0733. The molecular formula is C17H32O2. The normalized spacial score (nSPS) is 16.9. The van der Waals surface area contributed by atoms with Gasteiger partial charge >= 0.3 is 5.97 Å². The van der Waals surface area contributed by atoms with Crippen LogP contribution in [0.5, 0.6) is 0 Å². The number of ether oxygens (including phenoxy) is 1. The van der Waals surface area contributed by atoms with Crippen LogP contribution in [0.15, 0.2) is 0 Å². The van der Waals surface area contributed by atoms with Crippen molar-refractivity contribution in [1.82, 2.24) is 0 Å². The Balaban J connectivity index is 2.05. The van der Waals surface area contributed by atoms with Gasteiger partial charge in [0.15, 0.2) is 0 Å². The van der Waals surface area contributed by atoms with Gasteiger partial charge in [-0.3, -0.25) is 4.79 Å². The van der Waals surface area contributed by atoms with Crippen molar-refractivity contribution in [3.8, 4) is 0 Å². The molecule has 112 valence electrons. The van der Waals surface area contributed by atoms with Crippen molar-refractivity contribution >= 4 is 5.97 Å². The van der Waals surface area contributed by atoms with E-state index in [1.165, 1.54) is 57.8 Å². The maximum absolute atomic E-state index is 12.0. The Morgan fingerprint density at radius 2 is 1.53 bits per heavy atom. The fourth-order valence-corrected chi connectivity index (χ4v) is 3.04. The Labute approximate surface area is 119 Å². The van der Waals surface area contributed by atoms with E-state index in [4.69, 9.17) is 4.74 Å². The van der Waals surface area contributed by atoms with Crippen molar-refractivity contribution in [2.45, 2.75) is 90.9 Å². The molecule has 0 aromatic carbocycles. The van der Waals surface area contributed by atoms with E-state index >= 15 is 0 Å². The molecule has 1 aliphatic carbocycles. The van der Waals surface area contributed by atoms with Crippen LogP contribution in [0.1, 0.15) is 90.9 Å². The molecule has 0 bridgehead atoms. The van der Waals surface area contributed by atoms with Gasteiger partial charge in [0.2, 0.25) is 0 Å². The molecule has 0 aromatic heterocycles. The third kappa shape index (κ3) is 5.54. The minimum atomic E-state index is -0.0851. The van der Waals surface area contributed by atoms with E-state index in [1.54, 1.807) is 0 Å². The lowest BCUT2D eigenvalue weighted by molar-refractivity contribution is -0.161. The number of hydrogen-bond donors (Lipinski definition) is 0. The predicted molar refractivity (Wildman–Crippen MR) is 80.1 cm³/mol. The maximum Gasteiger partial charge on any atom is 0.312 e. The maximum atomic E-state index is 12.0. The number of unbranched alkanes of at least 4 members (excludes halogenated alkanes) is 7. The molecule has 0 aliphatic heterocycles. The summed E-state index contributed by atoms with van der Waals surface area (Å²) in [5.41, 5.74) is -0.0851. The molecule has 19 heavy (non-hydrogen) atoms. The molecular weight excluding hydrogens is 236 g/mol. The molecule has 0 unspecified atom stereocenters. The number of carbonyl (C=O) groups is 1. The zero-order valence-electron chi connectivity index (χ0n) is 13.0. The fraction of sp³-hybridized carbons (Fsp3) is 0.941. The summed E-state index contributed by atoms with van der Waals surface area (Å²) >= 11 is 0. The molecule has 0 heterocycles. The Morgan fingerprint density at radius 3 is 2.00 bits per heavy atom. The SMILES string of the molecule is CCCCCCCCCCC1(C(=O)OCC)CCC1. The molecule has 0 radical (unpaired) electrons. The van der Waals surface area contributed by atoms with Crippen LogP contribution in [-0.2, 0) is 9.53 Å². The summed E-state index contributed by atoms with van der Waals surface area (Å²) in [6, 6.07) is 0. The van der Waals surface area contributed by atoms with Gasteiger partial charge in [-0.15, -0.1) is 0 Å². The number of carbonyl (C=O) groups excluding carboxylic acids is 1. The van der Waals surface area contributed by atoms with Crippen LogP contribution in [0.2, 0.25) is 0 Å². The van der Waals surface area contributed by atoms with Gasteiger partial charge in [-0.2, -0.15) is 0 Å². The van der Waals surface area contributed by atoms with Crippen LogP contribution in [0.4, 0.5) is 0 Å². The highest BCUT2D eigenvalue weighted by atomic mass is 16.5. The molecule has 0 spiro atoms. The van der Waals surface area contributed by atoms with Crippen LogP contribution >= 0.6 is 0 Å². The van der Waals surface area contributed by atoms with Crippen molar-refractivity contribution in [2.24, 2.45) is 5.41 Å². The smallest absolute Gasteiger partial charge is 0.312 e. The second-order valence-corrected chi connectivity index (χ2v) is 6.08. The van der Waals surface area contributed by atoms with Gasteiger partial charge < -0.3 is 4.74 Å². The molecule has 2 heteroatoms. The summed E-state index contributed by atoms with van der Waals surface area (Å²) in [7, 11) is 0. The number of esters is 1. The first-order valence-corrected chi connectivity index (χ1v) is 8.42. The van der Waals surface area contributed by atoms with Crippen LogP contribution in [0.25, 0.3) is 0 Å². The highest BCUT2D eigenvalue weighted by molar-refractivity contribution is 5.77. The highest BCUT2D eigenvalue weighted by Gasteiger charge is 2.44. The van der Waals surface area contributed by atoms with Crippen molar-refractivity contribution in [3.63, 3.8) is 0 Å². The van der Waals surface area contributed by atoms with Crippen molar-refractivity contribution in [1.29, 1.82) is 0 Å². The second-order valence-electron chi connectivity index (χ2n) is 6.08. The first kappa shape index (κ1) is 16.5. The average molecular weight is 268 g/mol. The van der Waals surface area contributed by atoms with Crippen molar-refractivity contribution in [3.05, 3.63) is 0 Å². The van der Waals surface area contributed by atoms with Gasteiger partial charge in [-0.05, 0) is 26.2 Å². The Kier molecular flexibility index (Phi) is 8.16. The number of hydrogen-bond acceptors (Lipinski definition) is 2. The monoisotopic (exact) mass is 268 g/mol. The summed E-state index contributed by atoms with van der Waals surface area (Å²) in [4.78, 5) is 12.0. The highest BCUT2D eigenvalue weighted by Crippen LogP contribution is 2.46. The molecule has 0 amide bonds. The van der Waals surface area contributed by atoms with Crippen LogP contribution < -0.4 is 0 Å². The van der Waals surface area contributed by atoms with Gasteiger partial charge in [0.05, 0.1) is 12.0 Å². The molecule has 0 saturated heterocycles. The quantitative estimate of drug-likeness (QED) is 0.378. The lowest BCUT2D eigenvalue weighted by Gasteiger charge is -2.39. The standard InChI is InChI=1S/C17H32O2/c1-3-5-6-7-8-9-10-11-13-17(14-12-15-17)16(18)19-4-2/h3-15H2,1-2H3. The molecule has 0 atom stereocenters. The van der Waals surface area contributed by atoms with Gasteiger partial charge in [0.1, 0.15) is 0 Å². The third-order valence-corrected chi connectivity index (χ3v) is 4.53. The lowest BCUT2D eigenvalue weighted by atomic mass is 9.66. The topological polar surface area (TPSA) is 26.3 Å². The minimum Gasteiger partial charge on any atom is -0.466 e. The van der Waals surface area contributed by atoms with Gasteiger partial charge in [-0.25, -0.2) is 0 Å². The predicted octanol–water partition coefficient (Wildman–Crippen LogP) is 5.25. The van der Waals surface area contributed by atoms with Crippen LogP contribution in [-0.4, -0.2) is 12.6 Å². The van der Waals surface area contributed by atoms with E-state index in [0.717, 1.165) is 19.3 Å². The molecule has 1 rings (SSSR count). The minimum absolute atomic E-state index is 0.0733. The molecule has 0 N–H and O–H groups in total. The Morgan fingerprint density at radius 1 is 0.947 bits per heavy atom. The van der Waals surface area contributed by atoms with Gasteiger partial charge in [0, 0.05) is 0 Å². The molecule has 1 aliphatic rings. The fourth-order valence-electron chi connectivity index (χ4n) is 3.04. The van der Waals surface area contributed by atoms with Gasteiger partial charge in [-0.1, -0.05) is 64.7 Å². The van der Waals surface area contributed by atoms with E-state index in [0.29, 0.717) is 6.61 Å². The van der Waals surface area contributed by atoms with E-state index in [2.05, 4.69) is 6.92 Å². The summed E-state index contributed by atoms with van der Waals surface area (Å²) in [6.07, 6.45) is 15.0. The van der Waals surface area contributed by atoms with Crippen LogP contribution in [0.3, 0.4) is 0 Å². The van der Waals surface area contributed by atoms with E-state index < -0.39 is 0 Å². The van der Waals surface area contributed by atoms with Gasteiger partial charge in [0.25, 0.3) is 0 Å². The molecule has 0 aromatic rings. The first-order valence-electron chi connectivity index (χ1n) is 8.42. The average Bonchev–Trinajstić information content (AvgIpc) is 2.35. The van der Waals surface area contributed by atoms with Crippen molar-refractivity contribution < 1.29 is 9.53 Å². The third-order valence-electron chi connectivity index (χ3n) is 4.53. The largest absolute Gasteiger partial charge is 0.466 e. The summed E-state index contributed by atoms with van der Waals surface area (Å²) < 4.78 is 5.23. The second kappa shape index (κ2) is 9.39. The zero-order chi connectivity index (χ0) is 14.0. The Hall–Kier alpha value is -0.530. The molecule has 2 nitrogen and oxygen atoms in total. The molecule has 1 fully saturated rings. The van der Waals surface area contributed by atoms with E-state index in [-0.39, 0.29) is 11.4 Å². The van der Waals surface area contributed by atoms with Crippen molar-refractivity contribution in [2.75, 3.05) is 6.61 Å². The zero-order valence-corrected chi connectivity index (χ0v) is 13.0. The molecule has 1 saturated carbocycles.